The maximum atomic E-state index is 13.7. The Morgan fingerprint density at radius 1 is 1.11 bits per heavy atom. The van der Waals surface area contributed by atoms with Crippen LogP contribution in [-0.4, -0.2) is 51.9 Å². The largest absolute Gasteiger partial charge is 0.488 e. The first-order chi connectivity index (χ1) is 17.8. The number of nitrogens with one attached hydrogen (secondary N) is 2. The number of aromatic hydroxyl groups is 2. The fourth-order valence-electron chi connectivity index (χ4n) is 3.26. The van der Waals surface area contributed by atoms with Gasteiger partial charge in [0.2, 0.25) is 21.9 Å². The van der Waals surface area contributed by atoms with E-state index in [-0.39, 0.29) is 24.2 Å². The number of oxazole rings is 1. The van der Waals surface area contributed by atoms with Crippen molar-refractivity contribution in [2.24, 2.45) is 0 Å². The predicted molar refractivity (Wildman–Crippen MR) is 130 cm³/mol. The molecule has 4 rings (SSSR count). The summed E-state index contributed by atoms with van der Waals surface area (Å²) in [6, 6.07) is 9.24. The second-order valence-corrected chi connectivity index (χ2v) is 9.89. The zero-order chi connectivity index (χ0) is 27.7. The molecule has 0 radical (unpaired) electrons. The maximum absolute atomic E-state index is 13.7. The van der Waals surface area contributed by atoms with Crippen molar-refractivity contribution >= 4 is 33.3 Å². The molecule has 3 heterocycles. The molecule has 4 aromatic rings. The van der Waals surface area contributed by atoms with Crippen LogP contribution >= 0.6 is 0 Å². The molecular formula is C22H20F3N7O5S. The molecule has 0 bridgehead atoms. The van der Waals surface area contributed by atoms with Crippen molar-refractivity contribution in [2.45, 2.75) is 12.7 Å². The van der Waals surface area contributed by atoms with Crippen molar-refractivity contribution in [3.05, 3.63) is 59.9 Å². The van der Waals surface area contributed by atoms with Crippen molar-refractivity contribution in [1.29, 1.82) is 0 Å². The van der Waals surface area contributed by atoms with Crippen LogP contribution in [0.2, 0.25) is 0 Å². The monoisotopic (exact) mass is 551 g/mol. The molecule has 0 spiro atoms. The average Bonchev–Trinajstić information content (AvgIpc) is 3.19. The van der Waals surface area contributed by atoms with Gasteiger partial charge in [0, 0.05) is 42.8 Å². The number of aromatic nitrogens is 4. The quantitative estimate of drug-likeness (QED) is 0.252. The summed E-state index contributed by atoms with van der Waals surface area (Å²) in [4.78, 5) is 15.4. The van der Waals surface area contributed by atoms with Gasteiger partial charge in [-0.05, 0) is 24.3 Å². The van der Waals surface area contributed by atoms with Gasteiger partial charge >= 0.3 is 12.1 Å². The molecule has 16 heteroatoms. The van der Waals surface area contributed by atoms with Crippen LogP contribution < -0.4 is 14.9 Å². The lowest BCUT2D eigenvalue weighted by molar-refractivity contribution is -0.137. The molecule has 0 aliphatic rings. The molecule has 3 aromatic heterocycles. The number of rotatable bonds is 8. The summed E-state index contributed by atoms with van der Waals surface area (Å²) < 4.78 is 70.8. The van der Waals surface area contributed by atoms with Crippen LogP contribution in [0.15, 0.2) is 53.2 Å². The third-order valence-corrected chi connectivity index (χ3v) is 6.33. The average molecular weight is 552 g/mol. The second kappa shape index (κ2) is 10.0. The summed E-state index contributed by atoms with van der Waals surface area (Å²) in [7, 11) is -2.39. The maximum Gasteiger partial charge on any atom is 0.421 e. The molecule has 0 unspecified atom stereocenters. The molecule has 0 saturated heterocycles. The summed E-state index contributed by atoms with van der Waals surface area (Å²) in [6.45, 7) is -0.227. The minimum absolute atomic E-state index is 0.0453. The van der Waals surface area contributed by atoms with Crippen LogP contribution in [0.1, 0.15) is 11.1 Å². The zero-order valence-electron chi connectivity index (χ0n) is 19.7. The van der Waals surface area contributed by atoms with E-state index >= 15 is 0 Å². The van der Waals surface area contributed by atoms with Crippen LogP contribution in [0.25, 0.3) is 11.5 Å². The lowest BCUT2D eigenvalue weighted by atomic mass is 10.2. The van der Waals surface area contributed by atoms with Gasteiger partial charge in [-0.1, -0.05) is 12.1 Å². The van der Waals surface area contributed by atoms with E-state index in [1.807, 2.05) is 0 Å². The molecule has 200 valence electrons. The fraction of sp³-hybridized carbons (Fsp3) is 0.182. The molecule has 0 amide bonds. The highest BCUT2D eigenvalue weighted by Gasteiger charge is 2.35. The van der Waals surface area contributed by atoms with Gasteiger partial charge in [-0.25, -0.2) is 18.4 Å². The number of sulfonamides is 1. The van der Waals surface area contributed by atoms with E-state index in [1.165, 1.54) is 31.4 Å². The van der Waals surface area contributed by atoms with Crippen molar-refractivity contribution in [2.75, 3.05) is 28.2 Å². The first-order valence-electron chi connectivity index (χ1n) is 10.6. The molecule has 0 aliphatic heterocycles. The number of anilines is 4. The highest BCUT2D eigenvalue weighted by molar-refractivity contribution is 7.92. The first-order valence-corrected chi connectivity index (χ1v) is 12.5. The van der Waals surface area contributed by atoms with Crippen LogP contribution in [-0.2, 0) is 22.7 Å². The van der Waals surface area contributed by atoms with E-state index in [2.05, 4.69) is 30.6 Å². The molecule has 0 fully saturated rings. The Hall–Kier alpha value is -4.60. The highest BCUT2D eigenvalue weighted by atomic mass is 32.2. The molecular weight excluding hydrogens is 531 g/mol. The standard InChI is InChI=1S/C22H20F3N7O5S/c1-32(38(2,35)36)17-13(6-4-8-26-17)10-27-16-15(22(23,24)25)11-28-21(30-16)29-14-7-3-5-12(9-14)19-31-18(33)20(34)37-19/h3-9,11,33-34H,10H2,1-2H3,(H2,27,28,29,30). The Bertz CT molecular complexity index is 1560. The fourth-order valence-corrected chi connectivity index (χ4v) is 3.74. The minimum atomic E-state index is -4.78. The van der Waals surface area contributed by atoms with Gasteiger partial charge in [0.05, 0.1) is 6.26 Å². The van der Waals surface area contributed by atoms with Crippen molar-refractivity contribution in [3.8, 4) is 23.3 Å². The van der Waals surface area contributed by atoms with Crippen LogP contribution in [0.5, 0.6) is 11.8 Å². The third-order valence-electron chi connectivity index (χ3n) is 5.16. The van der Waals surface area contributed by atoms with Gasteiger partial charge < -0.3 is 25.3 Å². The summed E-state index contributed by atoms with van der Waals surface area (Å²) >= 11 is 0. The van der Waals surface area contributed by atoms with E-state index in [9.17, 15) is 31.8 Å². The topological polar surface area (TPSA) is 167 Å². The first kappa shape index (κ1) is 26.5. The smallest absolute Gasteiger partial charge is 0.421 e. The number of halogens is 3. The summed E-state index contributed by atoms with van der Waals surface area (Å²) in [5.74, 6) is -2.24. The highest BCUT2D eigenvalue weighted by Crippen LogP contribution is 2.35. The van der Waals surface area contributed by atoms with Gasteiger partial charge in [-0.3, -0.25) is 4.31 Å². The number of alkyl halides is 3. The number of hydrogen-bond donors (Lipinski definition) is 4. The Balaban J connectivity index is 1.62. The summed E-state index contributed by atoms with van der Waals surface area (Å²) in [5.41, 5.74) is -0.138. The molecule has 38 heavy (non-hydrogen) atoms. The molecule has 0 atom stereocenters. The number of benzene rings is 1. The van der Waals surface area contributed by atoms with Crippen LogP contribution in [0, 0.1) is 0 Å². The Morgan fingerprint density at radius 2 is 1.87 bits per heavy atom. The molecule has 0 saturated carbocycles. The van der Waals surface area contributed by atoms with Gasteiger partial charge in [-0.2, -0.15) is 23.1 Å². The van der Waals surface area contributed by atoms with E-state index in [0.29, 0.717) is 23.0 Å². The van der Waals surface area contributed by atoms with Crippen LogP contribution in [0.3, 0.4) is 0 Å². The third kappa shape index (κ3) is 5.86. The van der Waals surface area contributed by atoms with E-state index in [4.69, 9.17) is 4.42 Å². The SMILES string of the molecule is CN(c1ncccc1CNc1nc(Nc2cccc(-c3nc(O)c(O)o3)c2)ncc1C(F)(F)F)S(C)(=O)=O. The van der Waals surface area contributed by atoms with Crippen molar-refractivity contribution < 1.29 is 36.2 Å². The molecule has 0 aliphatic carbocycles. The lowest BCUT2D eigenvalue weighted by Gasteiger charge is -2.20. The van der Waals surface area contributed by atoms with Gasteiger partial charge in [0.15, 0.2) is 0 Å². The molecule has 1 aromatic carbocycles. The zero-order valence-corrected chi connectivity index (χ0v) is 20.5. The van der Waals surface area contributed by atoms with E-state index in [1.54, 1.807) is 18.2 Å². The summed E-state index contributed by atoms with van der Waals surface area (Å²) in [5, 5.41) is 24.2. The minimum Gasteiger partial charge on any atom is -0.488 e. The number of nitrogens with zero attached hydrogens (tertiary/aromatic N) is 5. The van der Waals surface area contributed by atoms with Crippen molar-refractivity contribution in [1.82, 2.24) is 19.9 Å². The second-order valence-electron chi connectivity index (χ2n) is 7.88. The van der Waals surface area contributed by atoms with Gasteiger partial charge in [0.1, 0.15) is 17.2 Å². The normalized spacial score (nSPS) is 11.8. The molecule has 4 N–H and O–H groups in total. The van der Waals surface area contributed by atoms with Gasteiger partial charge in [0.25, 0.3) is 5.88 Å². The Kier molecular flexibility index (Phi) is 6.99. The van der Waals surface area contributed by atoms with Crippen molar-refractivity contribution in [3.63, 3.8) is 0 Å². The number of pyridine rings is 1. The summed E-state index contributed by atoms with van der Waals surface area (Å²) in [6.07, 6.45) is -1.83. The molecule has 12 nitrogen and oxygen atoms in total. The number of hydrogen-bond acceptors (Lipinski definition) is 11. The van der Waals surface area contributed by atoms with E-state index in [0.717, 1.165) is 10.6 Å². The Labute approximate surface area is 213 Å². The van der Waals surface area contributed by atoms with Crippen LogP contribution in [0.4, 0.5) is 36.4 Å². The van der Waals surface area contributed by atoms with Gasteiger partial charge in [-0.15, -0.1) is 0 Å². The lowest BCUT2D eigenvalue weighted by Crippen LogP contribution is -2.27. The Morgan fingerprint density at radius 3 is 2.53 bits per heavy atom. The van der Waals surface area contributed by atoms with E-state index < -0.39 is 39.4 Å². The predicted octanol–water partition coefficient (Wildman–Crippen LogP) is 3.71.